The van der Waals surface area contributed by atoms with Crippen molar-refractivity contribution >= 4 is 11.8 Å². The summed E-state index contributed by atoms with van der Waals surface area (Å²) in [5, 5.41) is 3.38. The van der Waals surface area contributed by atoms with E-state index in [4.69, 9.17) is 0 Å². The molecule has 2 heterocycles. The van der Waals surface area contributed by atoms with E-state index >= 15 is 0 Å². The van der Waals surface area contributed by atoms with Gasteiger partial charge in [-0.25, -0.2) is 4.98 Å². The van der Waals surface area contributed by atoms with Crippen LogP contribution >= 0.6 is 0 Å². The fourth-order valence-electron chi connectivity index (χ4n) is 1.96. The van der Waals surface area contributed by atoms with Gasteiger partial charge >= 0.3 is 0 Å². The topological polar surface area (TPSA) is 44.3 Å². The van der Waals surface area contributed by atoms with E-state index in [-0.39, 0.29) is 5.54 Å². The molecule has 5 heteroatoms. The monoisotopic (exact) mass is 249 g/mol. The third-order valence-corrected chi connectivity index (χ3v) is 2.93. The van der Waals surface area contributed by atoms with Crippen molar-refractivity contribution in [2.45, 2.75) is 26.3 Å². The van der Waals surface area contributed by atoms with Gasteiger partial charge in [0.2, 0.25) is 5.95 Å². The van der Waals surface area contributed by atoms with Crippen molar-refractivity contribution in [3.8, 4) is 0 Å². The van der Waals surface area contributed by atoms with Gasteiger partial charge < -0.3 is 15.1 Å². The molecule has 100 valence electrons. The summed E-state index contributed by atoms with van der Waals surface area (Å²) < 4.78 is 0. The van der Waals surface area contributed by atoms with Gasteiger partial charge in [0, 0.05) is 37.9 Å². The molecular weight excluding hydrogens is 226 g/mol. The highest BCUT2D eigenvalue weighted by molar-refractivity contribution is 5.43. The SMILES string of the molecule is CN1CCN(c2nccc(NC(C)(C)C)n2)CC1. The normalized spacial score (nSPS) is 17.9. The standard InChI is InChI=1S/C13H23N5/c1-13(2,3)16-11-5-6-14-12(15-11)18-9-7-17(4)8-10-18/h5-6H,7-10H2,1-4H3,(H,14,15,16). The van der Waals surface area contributed by atoms with Gasteiger partial charge in [0.05, 0.1) is 0 Å². The summed E-state index contributed by atoms with van der Waals surface area (Å²) in [7, 11) is 2.15. The molecule has 1 N–H and O–H groups in total. The maximum absolute atomic E-state index is 4.59. The molecule has 2 rings (SSSR count). The summed E-state index contributed by atoms with van der Waals surface area (Å²) >= 11 is 0. The average molecular weight is 249 g/mol. The van der Waals surface area contributed by atoms with E-state index in [9.17, 15) is 0 Å². The zero-order chi connectivity index (χ0) is 13.2. The van der Waals surface area contributed by atoms with Crippen molar-refractivity contribution in [1.29, 1.82) is 0 Å². The van der Waals surface area contributed by atoms with E-state index in [2.05, 4.69) is 52.9 Å². The van der Waals surface area contributed by atoms with Gasteiger partial charge in [0.25, 0.3) is 0 Å². The van der Waals surface area contributed by atoms with Gasteiger partial charge in [-0.15, -0.1) is 0 Å². The summed E-state index contributed by atoms with van der Waals surface area (Å²) in [5.74, 6) is 1.73. The van der Waals surface area contributed by atoms with E-state index in [1.54, 1.807) is 0 Å². The van der Waals surface area contributed by atoms with Crippen LogP contribution in [0.5, 0.6) is 0 Å². The zero-order valence-electron chi connectivity index (χ0n) is 11.8. The molecule has 0 aromatic carbocycles. The zero-order valence-corrected chi connectivity index (χ0v) is 11.8. The van der Waals surface area contributed by atoms with Crippen LogP contribution in [0.1, 0.15) is 20.8 Å². The van der Waals surface area contributed by atoms with E-state index in [0.717, 1.165) is 37.9 Å². The molecule has 0 amide bonds. The Labute approximate surface area is 109 Å². The lowest BCUT2D eigenvalue weighted by atomic mass is 10.1. The number of nitrogens with zero attached hydrogens (tertiary/aromatic N) is 4. The molecule has 1 aromatic rings. The first-order valence-corrected chi connectivity index (χ1v) is 6.49. The molecule has 5 nitrogen and oxygen atoms in total. The second-order valence-corrected chi connectivity index (χ2v) is 5.91. The van der Waals surface area contributed by atoms with Crippen LogP contribution in [0.25, 0.3) is 0 Å². The van der Waals surface area contributed by atoms with Crippen LogP contribution in [0, 0.1) is 0 Å². The minimum absolute atomic E-state index is 0.0216. The lowest BCUT2D eigenvalue weighted by molar-refractivity contribution is 0.311. The predicted octanol–water partition coefficient (Wildman–Crippen LogP) is 1.44. The van der Waals surface area contributed by atoms with Crippen LogP contribution in [0.4, 0.5) is 11.8 Å². The Hall–Kier alpha value is -1.36. The number of hydrogen-bond donors (Lipinski definition) is 1. The van der Waals surface area contributed by atoms with Gasteiger partial charge in [0.1, 0.15) is 5.82 Å². The van der Waals surface area contributed by atoms with Crippen LogP contribution in [-0.2, 0) is 0 Å². The highest BCUT2D eigenvalue weighted by Gasteiger charge is 2.17. The maximum Gasteiger partial charge on any atom is 0.227 e. The Morgan fingerprint density at radius 1 is 1.17 bits per heavy atom. The minimum Gasteiger partial charge on any atom is -0.365 e. The second-order valence-electron chi connectivity index (χ2n) is 5.91. The van der Waals surface area contributed by atoms with Crippen LogP contribution in [-0.4, -0.2) is 53.6 Å². The van der Waals surface area contributed by atoms with Crippen LogP contribution < -0.4 is 10.2 Å². The van der Waals surface area contributed by atoms with E-state index in [1.165, 1.54) is 0 Å². The molecule has 1 saturated heterocycles. The first kappa shape index (κ1) is 13.1. The fourth-order valence-corrected chi connectivity index (χ4v) is 1.96. The van der Waals surface area contributed by atoms with Crippen molar-refractivity contribution in [2.75, 3.05) is 43.4 Å². The first-order chi connectivity index (χ1) is 8.44. The van der Waals surface area contributed by atoms with Gasteiger partial charge in [-0.05, 0) is 33.9 Å². The van der Waals surface area contributed by atoms with Crippen molar-refractivity contribution in [3.05, 3.63) is 12.3 Å². The van der Waals surface area contributed by atoms with E-state index in [1.807, 2.05) is 12.3 Å². The van der Waals surface area contributed by atoms with Crippen LogP contribution in [0.3, 0.4) is 0 Å². The third kappa shape index (κ3) is 3.57. The number of rotatable bonds is 2. The summed E-state index contributed by atoms with van der Waals surface area (Å²) in [6, 6.07) is 1.92. The number of nitrogens with one attached hydrogen (secondary N) is 1. The lowest BCUT2D eigenvalue weighted by Crippen LogP contribution is -2.45. The quantitative estimate of drug-likeness (QED) is 0.859. The maximum atomic E-state index is 4.59. The van der Waals surface area contributed by atoms with Crippen molar-refractivity contribution < 1.29 is 0 Å². The Balaban J connectivity index is 2.07. The Morgan fingerprint density at radius 3 is 2.44 bits per heavy atom. The van der Waals surface area contributed by atoms with Gasteiger partial charge in [-0.2, -0.15) is 4.98 Å². The number of aromatic nitrogens is 2. The summed E-state index contributed by atoms with van der Waals surface area (Å²) in [4.78, 5) is 13.5. The third-order valence-electron chi connectivity index (χ3n) is 2.93. The number of hydrogen-bond acceptors (Lipinski definition) is 5. The van der Waals surface area contributed by atoms with Crippen LogP contribution in [0.2, 0.25) is 0 Å². The molecule has 0 bridgehead atoms. The smallest absolute Gasteiger partial charge is 0.227 e. The molecule has 0 radical (unpaired) electrons. The van der Waals surface area contributed by atoms with Gasteiger partial charge in [-0.3, -0.25) is 0 Å². The number of likely N-dealkylation sites (N-methyl/N-ethyl adjacent to an activating group) is 1. The summed E-state index contributed by atoms with van der Waals surface area (Å²) in [5.41, 5.74) is 0.0216. The molecule has 0 unspecified atom stereocenters. The Morgan fingerprint density at radius 2 is 1.83 bits per heavy atom. The molecule has 1 fully saturated rings. The van der Waals surface area contributed by atoms with Crippen molar-refractivity contribution in [3.63, 3.8) is 0 Å². The molecule has 0 aliphatic carbocycles. The molecule has 1 aliphatic rings. The molecule has 0 saturated carbocycles. The first-order valence-electron chi connectivity index (χ1n) is 6.49. The van der Waals surface area contributed by atoms with E-state index < -0.39 is 0 Å². The summed E-state index contributed by atoms with van der Waals surface area (Å²) in [6.07, 6.45) is 1.83. The molecule has 0 atom stereocenters. The van der Waals surface area contributed by atoms with Crippen molar-refractivity contribution in [2.24, 2.45) is 0 Å². The Kier molecular flexibility index (Phi) is 3.71. The lowest BCUT2D eigenvalue weighted by Gasteiger charge is -2.32. The molecule has 18 heavy (non-hydrogen) atoms. The highest BCUT2D eigenvalue weighted by Crippen LogP contribution is 2.16. The molecule has 0 spiro atoms. The molecule has 1 aromatic heterocycles. The summed E-state index contributed by atoms with van der Waals surface area (Å²) in [6.45, 7) is 10.5. The largest absolute Gasteiger partial charge is 0.365 e. The van der Waals surface area contributed by atoms with E-state index in [0.29, 0.717) is 0 Å². The van der Waals surface area contributed by atoms with Crippen LogP contribution in [0.15, 0.2) is 12.3 Å². The Bertz CT molecular complexity index is 391. The highest BCUT2D eigenvalue weighted by atomic mass is 15.3. The minimum atomic E-state index is 0.0216. The number of anilines is 2. The van der Waals surface area contributed by atoms with Gasteiger partial charge in [0.15, 0.2) is 0 Å². The predicted molar refractivity (Wildman–Crippen MR) is 75.1 cm³/mol. The molecular formula is C13H23N5. The average Bonchev–Trinajstić information content (AvgIpc) is 2.28. The fraction of sp³-hybridized carbons (Fsp3) is 0.692. The second kappa shape index (κ2) is 5.10. The van der Waals surface area contributed by atoms with Crippen molar-refractivity contribution in [1.82, 2.24) is 14.9 Å². The van der Waals surface area contributed by atoms with Gasteiger partial charge in [-0.1, -0.05) is 0 Å². The molecule has 1 aliphatic heterocycles. The number of piperazine rings is 1.